The van der Waals surface area contributed by atoms with E-state index in [4.69, 9.17) is 9.47 Å². The highest BCUT2D eigenvalue weighted by molar-refractivity contribution is 7.09. The van der Waals surface area contributed by atoms with Gasteiger partial charge in [0.15, 0.2) is 0 Å². The first-order valence-electron chi connectivity index (χ1n) is 8.96. The van der Waals surface area contributed by atoms with Crippen molar-refractivity contribution in [1.82, 2.24) is 4.90 Å². The van der Waals surface area contributed by atoms with E-state index in [1.54, 1.807) is 35.5 Å². The van der Waals surface area contributed by atoms with Crippen LogP contribution in [0.25, 0.3) is 0 Å². The Morgan fingerprint density at radius 1 is 1.04 bits per heavy atom. The number of carbonyl (C=O) groups is 1. The molecule has 0 radical (unpaired) electrons. The zero-order chi connectivity index (χ0) is 19.8. The summed E-state index contributed by atoms with van der Waals surface area (Å²) in [5.74, 6) is 0.974. The standard InChI is InChI=1S/C22H22FNO3S/c1-26-21-7-3-2-5-17(21)15-24(16-20-6-4-14-28-20)22(25)12-13-27-19-10-8-18(23)9-11-19/h2-11,14H,12-13,15-16H2,1H3. The average Bonchev–Trinajstić information content (AvgIpc) is 3.22. The number of benzene rings is 2. The van der Waals surface area contributed by atoms with Gasteiger partial charge >= 0.3 is 0 Å². The van der Waals surface area contributed by atoms with Crippen molar-refractivity contribution in [2.75, 3.05) is 13.7 Å². The quantitative estimate of drug-likeness (QED) is 0.514. The molecule has 0 aliphatic rings. The van der Waals surface area contributed by atoms with E-state index in [-0.39, 0.29) is 24.8 Å². The Kier molecular flexibility index (Phi) is 7.03. The molecule has 6 heteroatoms. The van der Waals surface area contributed by atoms with E-state index in [1.165, 1.54) is 12.1 Å². The molecule has 28 heavy (non-hydrogen) atoms. The van der Waals surface area contributed by atoms with Crippen LogP contribution in [0.3, 0.4) is 0 Å². The number of amides is 1. The van der Waals surface area contributed by atoms with Gasteiger partial charge in [0.25, 0.3) is 0 Å². The van der Waals surface area contributed by atoms with E-state index in [1.807, 2.05) is 41.8 Å². The summed E-state index contributed by atoms with van der Waals surface area (Å²) in [6, 6.07) is 17.5. The van der Waals surface area contributed by atoms with Crippen molar-refractivity contribution in [2.45, 2.75) is 19.5 Å². The topological polar surface area (TPSA) is 38.8 Å². The van der Waals surface area contributed by atoms with Gasteiger partial charge in [-0.2, -0.15) is 0 Å². The number of thiophene rings is 1. The van der Waals surface area contributed by atoms with Crippen molar-refractivity contribution >= 4 is 17.2 Å². The molecule has 4 nitrogen and oxygen atoms in total. The number of rotatable bonds is 9. The van der Waals surface area contributed by atoms with Crippen molar-refractivity contribution in [3.05, 3.63) is 82.3 Å². The van der Waals surface area contributed by atoms with Crippen LogP contribution in [0, 0.1) is 5.82 Å². The lowest BCUT2D eigenvalue weighted by Crippen LogP contribution is -2.31. The highest BCUT2D eigenvalue weighted by Gasteiger charge is 2.17. The van der Waals surface area contributed by atoms with Crippen LogP contribution in [0.2, 0.25) is 0 Å². The Labute approximate surface area is 168 Å². The third-order valence-corrected chi connectivity index (χ3v) is 5.09. The molecule has 146 valence electrons. The van der Waals surface area contributed by atoms with Crippen LogP contribution in [0.15, 0.2) is 66.0 Å². The highest BCUT2D eigenvalue weighted by Crippen LogP contribution is 2.22. The lowest BCUT2D eigenvalue weighted by molar-refractivity contribution is -0.133. The maximum absolute atomic E-state index is 13.0. The minimum atomic E-state index is -0.317. The molecule has 0 spiro atoms. The van der Waals surface area contributed by atoms with Gasteiger partial charge in [-0.3, -0.25) is 4.79 Å². The van der Waals surface area contributed by atoms with Crippen LogP contribution >= 0.6 is 11.3 Å². The van der Waals surface area contributed by atoms with Gasteiger partial charge in [-0.05, 0) is 41.8 Å². The number of carbonyl (C=O) groups excluding carboxylic acids is 1. The van der Waals surface area contributed by atoms with Gasteiger partial charge in [0.1, 0.15) is 17.3 Å². The SMILES string of the molecule is COc1ccccc1CN(Cc1cccs1)C(=O)CCOc1ccc(F)cc1. The molecular weight excluding hydrogens is 377 g/mol. The van der Waals surface area contributed by atoms with E-state index < -0.39 is 0 Å². The zero-order valence-corrected chi connectivity index (χ0v) is 16.5. The monoisotopic (exact) mass is 399 g/mol. The van der Waals surface area contributed by atoms with Gasteiger partial charge in [0.2, 0.25) is 5.91 Å². The number of halogens is 1. The Morgan fingerprint density at radius 2 is 1.82 bits per heavy atom. The van der Waals surface area contributed by atoms with Crippen LogP contribution < -0.4 is 9.47 Å². The maximum Gasteiger partial charge on any atom is 0.226 e. The molecule has 0 atom stereocenters. The molecule has 0 aliphatic carbocycles. The van der Waals surface area contributed by atoms with Gasteiger partial charge in [0, 0.05) is 17.0 Å². The molecule has 1 amide bonds. The first-order chi connectivity index (χ1) is 13.7. The van der Waals surface area contributed by atoms with Gasteiger partial charge in [-0.15, -0.1) is 11.3 Å². The highest BCUT2D eigenvalue weighted by atomic mass is 32.1. The second kappa shape index (κ2) is 9.90. The number of hydrogen-bond donors (Lipinski definition) is 0. The van der Waals surface area contributed by atoms with E-state index in [9.17, 15) is 9.18 Å². The third-order valence-electron chi connectivity index (χ3n) is 4.23. The Bertz CT molecular complexity index is 881. The Hall–Kier alpha value is -2.86. The fourth-order valence-electron chi connectivity index (χ4n) is 2.81. The predicted molar refractivity (Wildman–Crippen MR) is 108 cm³/mol. The van der Waals surface area contributed by atoms with E-state index in [0.717, 1.165) is 16.2 Å². The van der Waals surface area contributed by atoms with Gasteiger partial charge in [-0.1, -0.05) is 24.3 Å². The van der Waals surface area contributed by atoms with Crippen molar-refractivity contribution in [2.24, 2.45) is 0 Å². The molecule has 1 heterocycles. The zero-order valence-electron chi connectivity index (χ0n) is 15.6. The average molecular weight is 399 g/mol. The van der Waals surface area contributed by atoms with E-state index >= 15 is 0 Å². The lowest BCUT2D eigenvalue weighted by Gasteiger charge is -2.23. The van der Waals surface area contributed by atoms with Gasteiger partial charge < -0.3 is 14.4 Å². The molecule has 1 aromatic heterocycles. The number of hydrogen-bond acceptors (Lipinski definition) is 4. The molecule has 0 N–H and O–H groups in total. The molecule has 0 aliphatic heterocycles. The summed E-state index contributed by atoms with van der Waals surface area (Å²) in [5, 5.41) is 2.00. The van der Waals surface area contributed by atoms with Crippen molar-refractivity contribution in [3.63, 3.8) is 0 Å². The van der Waals surface area contributed by atoms with E-state index in [0.29, 0.717) is 18.8 Å². The fourth-order valence-corrected chi connectivity index (χ4v) is 3.53. The predicted octanol–water partition coefficient (Wildman–Crippen LogP) is 4.89. The number of nitrogens with zero attached hydrogens (tertiary/aromatic N) is 1. The van der Waals surface area contributed by atoms with E-state index in [2.05, 4.69) is 0 Å². The number of methoxy groups -OCH3 is 1. The number of para-hydroxylation sites is 1. The lowest BCUT2D eigenvalue weighted by atomic mass is 10.1. The summed E-state index contributed by atoms with van der Waals surface area (Å²) in [4.78, 5) is 15.8. The van der Waals surface area contributed by atoms with Gasteiger partial charge in [0.05, 0.1) is 26.7 Å². The van der Waals surface area contributed by atoms with Crippen molar-refractivity contribution < 1.29 is 18.7 Å². The Balaban J connectivity index is 1.65. The van der Waals surface area contributed by atoms with Crippen LogP contribution in [0.4, 0.5) is 4.39 Å². The molecule has 0 saturated carbocycles. The van der Waals surface area contributed by atoms with Gasteiger partial charge in [-0.25, -0.2) is 4.39 Å². The molecule has 0 unspecified atom stereocenters. The van der Waals surface area contributed by atoms with Crippen LogP contribution in [0.5, 0.6) is 11.5 Å². The third kappa shape index (κ3) is 5.57. The summed E-state index contributed by atoms with van der Waals surface area (Å²) in [6.45, 7) is 1.22. The largest absolute Gasteiger partial charge is 0.496 e. The molecular formula is C22H22FNO3S. The molecule has 0 bridgehead atoms. The van der Waals surface area contributed by atoms with Crippen molar-refractivity contribution in [1.29, 1.82) is 0 Å². The smallest absolute Gasteiger partial charge is 0.226 e. The maximum atomic E-state index is 13.0. The normalized spacial score (nSPS) is 10.5. The minimum Gasteiger partial charge on any atom is -0.496 e. The molecule has 3 aromatic rings. The first kappa shape index (κ1) is 19.9. The second-order valence-corrected chi connectivity index (χ2v) is 7.23. The Morgan fingerprint density at radius 3 is 2.54 bits per heavy atom. The molecule has 0 saturated heterocycles. The summed E-state index contributed by atoms with van der Waals surface area (Å²) in [7, 11) is 1.63. The second-order valence-electron chi connectivity index (χ2n) is 6.19. The fraction of sp³-hybridized carbons (Fsp3) is 0.227. The summed E-state index contributed by atoms with van der Waals surface area (Å²) in [6.07, 6.45) is 0.234. The number of ether oxygens (including phenoxy) is 2. The van der Waals surface area contributed by atoms with Crippen LogP contribution in [-0.4, -0.2) is 24.5 Å². The van der Waals surface area contributed by atoms with Crippen LogP contribution in [0.1, 0.15) is 16.9 Å². The summed E-state index contributed by atoms with van der Waals surface area (Å²) < 4.78 is 24.0. The first-order valence-corrected chi connectivity index (χ1v) is 9.84. The molecule has 0 fully saturated rings. The summed E-state index contributed by atoms with van der Waals surface area (Å²) >= 11 is 1.62. The van der Waals surface area contributed by atoms with Crippen molar-refractivity contribution in [3.8, 4) is 11.5 Å². The molecule has 2 aromatic carbocycles. The minimum absolute atomic E-state index is 0.0126. The summed E-state index contributed by atoms with van der Waals surface area (Å²) in [5.41, 5.74) is 0.953. The molecule has 3 rings (SSSR count). The van der Waals surface area contributed by atoms with Crippen LogP contribution in [-0.2, 0) is 17.9 Å².